The molecule has 1 amide bonds. The smallest absolute Gasteiger partial charge is 0.291 e. The molecule has 3 heterocycles. The van der Waals surface area contributed by atoms with Crippen LogP contribution in [0.1, 0.15) is 25.8 Å². The normalized spacial score (nSPS) is 18.8. The third-order valence-electron chi connectivity index (χ3n) is 6.53. The Labute approximate surface area is 197 Å². The number of amides is 1. The number of halogens is 1. The van der Waals surface area contributed by atoms with Gasteiger partial charge in [-0.2, -0.15) is 5.10 Å². The predicted molar refractivity (Wildman–Crippen MR) is 132 cm³/mol. The van der Waals surface area contributed by atoms with Gasteiger partial charge in [0.25, 0.3) is 5.56 Å². The molecule has 7 heteroatoms. The zero-order chi connectivity index (χ0) is 23.1. The van der Waals surface area contributed by atoms with Gasteiger partial charge >= 0.3 is 0 Å². The number of para-hydroxylation sites is 1. The molecule has 2 aromatic carbocycles. The van der Waals surface area contributed by atoms with Crippen LogP contribution >= 0.6 is 11.6 Å². The summed E-state index contributed by atoms with van der Waals surface area (Å²) in [5.41, 5.74) is 2.32. The quantitative estimate of drug-likeness (QED) is 0.446. The SMILES string of the molecule is C[C@H]1C[C@H](C)CN(C(=O)Cn2ncc3c4ccccc4n(Cc4ccc(Cl)cc4)c3c2=O)C1. The molecule has 1 aliphatic rings. The van der Waals surface area contributed by atoms with Crippen LogP contribution in [-0.2, 0) is 17.9 Å². The summed E-state index contributed by atoms with van der Waals surface area (Å²) >= 11 is 6.06. The second-order valence-corrected chi connectivity index (χ2v) is 9.78. The Kier molecular flexibility index (Phi) is 5.71. The van der Waals surface area contributed by atoms with E-state index >= 15 is 0 Å². The van der Waals surface area contributed by atoms with E-state index in [9.17, 15) is 9.59 Å². The van der Waals surface area contributed by atoms with Crippen LogP contribution in [0, 0.1) is 11.8 Å². The van der Waals surface area contributed by atoms with E-state index in [0.29, 0.717) is 28.9 Å². The highest BCUT2D eigenvalue weighted by atomic mass is 35.5. The number of likely N-dealkylation sites (tertiary alicyclic amines) is 1. The molecule has 0 bridgehead atoms. The lowest BCUT2D eigenvalue weighted by Crippen LogP contribution is -2.45. The summed E-state index contributed by atoms with van der Waals surface area (Å²) in [4.78, 5) is 28.5. The van der Waals surface area contributed by atoms with Gasteiger partial charge in [0.1, 0.15) is 12.1 Å². The predicted octanol–water partition coefficient (Wildman–Crippen LogP) is 4.56. The highest BCUT2D eigenvalue weighted by Crippen LogP contribution is 2.27. The van der Waals surface area contributed by atoms with Crippen LogP contribution in [0.25, 0.3) is 21.8 Å². The maximum Gasteiger partial charge on any atom is 0.291 e. The van der Waals surface area contributed by atoms with E-state index in [1.807, 2.05) is 58.0 Å². The molecule has 5 rings (SSSR count). The van der Waals surface area contributed by atoms with Gasteiger partial charge < -0.3 is 9.47 Å². The van der Waals surface area contributed by atoms with Crippen molar-refractivity contribution in [2.24, 2.45) is 11.8 Å². The lowest BCUT2D eigenvalue weighted by molar-refractivity contribution is -0.134. The van der Waals surface area contributed by atoms with Gasteiger partial charge in [-0.05, 0) is 42.0 Å². The average Bonchev–Trinajstić information content (AvgIpc) is 3.11. The van der Waals surface area contributed by atoms with Gasteiger partial charge in [0.05, 0.1) is 6.20 Å². The first kappa shape index (κ1) is 21.7. The summed E-state index contributed by atoms with van der Waals surface area (Å²) in [6.45, 7) is 6.28. The molecule has 6 nitrogen and oxygen atoms in total. The molecule has 1 fully saturated rings. The molecular weight excluding hydrogens is 436 g/mol. The van der Waals surface area contributed by atoms with E-state index in [4.69, 9.17) is 11.6 Å². The number of aromatic nitrogens is 3. The van der Waals surface area contributed by atoms with Crippen molar-refractivity contribution in [3.8, 4) is 0 Å². The maximum absolute atomic E-state index is 13.6. The molecule has 1 saturated heterocycles. The van der Waals surface area contributed by atoms with Crippen LogP contribution < -0.4 is 5.56 Å². The van der Waals surface area contributed by atoms with E-state index < -0.39 is 0 Å². The molecule has 0 radical (unpaired) electrons. The van der Waals surface area contributed by atoms with Crippen molar-refractivity contribution in [2.45, 2.75) is 33.4 Å². The van der Waals surface area contributed by atoms with E-state index in [0.717, 1.165) is 41.4 Å². The highest BCUT2D eigenvalue weighted by Gasteiger charge is 2.26. The molecule has 1 aliphatic heterocycles. The van der Waals surface area contributed by atoms with Crippen LogP contribution in [0.2, 0.25) is 5.02 Å². The molecular formula is C26H27ClN4O2. The molecule has 33 heavy (non-hydrogen) atoms. The summed E-state index contributed by atoms with van der Waals surface area (Å²) in [7, 11) is 0. The van der Waals surface area contributed by atoms with Crippen molar-refractivity contribution in [3.05, 3.63) is 75.7 Å². The van der Waals surface area contributed by atoms with Gasteiger partial charge in [-0.3, -0.25) is 9.59 Å². The molecule has 170 valence electrons. The van der Waals surface area contributed by atoms with E-state index in [1.54, 1.807) is 6.20 Å². The van der Waals surface area contributed by atoms with Gasteiger partial charge in [0.15, 0.2) is 0 Å². The van der Waals surface area contributed by atoms with Crippen LogP contribution in [-0.4, -0.2) is 38.2 Å². The standard InChI is InChI=1S/C26H27ClN4O2/c1-17-11-18(2)14-29(13-17)24(32)16-31-26(33)25-22(12-28-31)21-5-3-4-6-23(21)30(25)15-19-7-9-20(27)10-8-19/h3-10,12,17-18H,11,13-16H2,1-2H3/t17-,18-/m0/s1. The Hall–Kier alpha value is -3.12. The highest BCUT2D eigenvalue weighted by molar-refractivity contribution is 6.30. The fraction of sp³-hybridized carbons (Fsp3) is 0.346. The number of rotatable bonds is 4. The summed E-state index contributed by atoms with van der Waals surface area (Å²) in [6, 6.07) is 15.6. The number of hydrogen-bond acceptors (Lipinski definition) is 3. The van der Waals surface area contributed by atoms with Crippen molar-refractivity contribution >= 4 is 39.3 Å². The van der Waals surface area contributed by atoms with Crippen molar-refractivity contribution in [2.75, 3.05) is 13.1 Å². The third kappa shape index (κ3) is 4.15. The second kappa shape index (κ2) is 8.67. The fourth-order valence-electron chi connectivity index (χ4n) is 5.14. The van der Waals surface area contributed by atoms with E-state index in [2.05, 4.69) is 18.9 Å². The fourth-order valence-corrected chi connectivity index (χ4v) is 5.26. The first-order valence-corrected chi connectivity index (χ1v) is 11.8. The Morgan fingerprint density at radius 1 is 1.03 bits per heavy atom. The molecule has 2 aromatic heterocycles. The number of carbonyl (C=O) groups is 1. The molecule has 4 aromatic rings. The minimum Gasteiger partial charge on any atom is -0.341 e. The maximum atomic E-state index is 13.6. The number of hydrogen-bond donors (Lipinski definition) is 0. The Balaban J connectivity index is 1.56. The first-order valence-electron chi connectivity index (χ1n) is 11.4. The topological polar surface area (TPSA) is 60.1 Å². The van der Waals surface area contributed by atoms with Crippen molar-refractivity contribution in [3.63, 3.8) is 0 Å². The second-order valence-electron chi connectivity index (χ2n) is 9.34. The summed E-state index contributed by atoms with van der Waals surface area (Å²) in [5.74, 6) is 0.876. The minimum atomic E-state index is -0.246. The summed E-state index contributed by atoms with van der Waals surface area (Å²) in [6.07, 6.45) is 2.84. The third-order valence-corrected chi connectivity index (χ3v) is 6.79. The van der Waals surface area contributed by atoms with Crippen molar-refractivity contribution in [1.82, 2.24) is 19.2 Å². The van der Waals surface area contributed by atoms with Gasteiger partial charge in [-0.1, -0.05) is 55.8 Å². The first-order chi connectivity index (χ1) is 15.9. The molecule has 2 atom stereocenters. The van der Waals surface area contributed by atoms with E-state index in [1.165, 1.54) is 4.68 Å². The zero-order valence-corrected chi connectivity index (χ0v) is 19.6. The molecule has 0 unspecified atom stereocenters. The van der Waals surface area contributed by atoms with Gasteiger partial charge in [-0.25, -0.2) is 4.68 Å². The van der Waals surface area contributed by atoms with Crippen LogP contribution in [0.5, 0.6) is 0 Å². The minimum absolute atomic E-state index is 0.0450. The Bertz CT molecular complexity index is 1380. The average molecular weight is 463 g/mol. The van der Waals surface area contributed by atoms with Crippen LogP contribution in [0.15, 0.2) is 59.5 Å². The number of piperidine rings is 1. The van der Waals surface area contributed by atoms with Crippen molar-refractivity contribution < 1.29 is 4.79 Å². The van der Waals surface area contributed by atoms with Gasteiger partial charge in [-0.15, -0.1) is 0 Å². The summed E-state index contributed by atoms with van der Waals surface area (Å²) in [5, 5.41) is 6.84. The monoisotopic (exact) mass is 462 g/mol. The lowest BCUT2D eigenvalue weighted by Gasteiger charge is -2.35. The van der Waals surface area contributed by atoms with Crippen molar-refractivity contribution in [1.29, 1.82) is 0 Å². The molecule has 0 N–H and O–H groups in total. The number of carbonyl (C=O) groups excluding carboxylic acids is 1. The molecule has 0 spiro atoms. The van der Waals surface area contributed by atoms with Crippen LogP contribution in [0.4, 0.5) is 0 Å². The zero-order valence-electron chi connectivity index (χ0n) is 18.9. The van der Waals surface area contributed by atoms with Gasteiger partial charge in [0, 0.05) is 40.9 Å². The van der Waals surface area contributed by atoms with E-state index in [-0.39, 0.29) is 18.0 Å². The van der Waals surface area contributed by atoms with Gasteiger partial charge in [0.2, 0.25) is 5.91 Å². The number of benzene rings is 2. The van der Waals surface area contributed by atoms with Crippen LogP contribution in [0.3, 0.4) is 0 Å². The Morgan fingerprint density at radius 3 is 2.45 bits per heavy atom. The largest absolute Gasteiger partial charge is 0.341 e. The Morgan fingerprint density at radius 2 is 1.73 bits per heavy atom. The molecule has 0 saturated carbocycles. The number of nitrogens with zero attached hydrogens (tertiary/aromatic N) is 4. The lowest BCUT2D eigenvalue weighted by atomic mass is 9.92. The summed E-state index contributed by atoms with van der Waals surface area (Å²) < 4.78 is 3.33. The molecule has 0 aliphatic carbocycles. The number of fused-ring (bicyclic) bond motifs is 3.